The number of piperidine rings is 1. The van der Waals surface area contributed by atoms with E-state index in [0.29, 0.717) is 19.5 Å². The van der Waals surface area contributed by atoms with Crippen LogP contribution in [0.2, 0.25) is 5.02 Å². The van der Waals surface area contributed by atoms with Crippen molar-refractivity contribution in [2.45, 2.75) is 31.6 Å². The fourth-order valence-electron chi connectivity index (χ4n) is 3.78. The normalized spacial score (nSPS) is 20.1. The third-order valence-corrected chi connectivity index (χ3v) is 5.81. The van der Waals surface area contributed by atoms with Gasteiger partial charge in [-0.1, -0.05) is 11.6 Å². The number of likely N-dealkylation sites (tertiary alicyclic amines) is 1. The van der Waals surface area contributed by atoms with Gasteiger partial charge in [-0.25, -0.2) is 18.0 Å². The molecule has 1 N–H and O–H groups in total. The van der Waals surface area contributed by atoms with Crippen molar-refractivity contribution in [3.63, 3.8) is 0 Å². The van der Waals surface area contributed by atoms with Gasteiger partial charge in [0.2, 0.25) is 5.91 Å². The van der Waals surface area contributed by atoms with Crippen molar-refractivity contribution in [2.24, 2.45) is 5.92 Å². The summed E-state index contributed by atoms with van der Waals surface area (Å²) >= 11 is 5.84. The lowest BCUT2D eigenvalue weighted by atomic mass is 9.86. The fraction of sp³-hybridized carbons (Fsp3) is 0.600. The highest BCUT2D eigenvalue weighted by Gasteiger charge is 2.44. The molecule has 166 valence electrons. The first kappa shape index (κ1) is 22.7. The van der Waals surface area contributed by atoms with Crippen molar-refractivity contribution >= 4 is 23.5 Å². The molecular formula is C20H25ClF3N3O3. The zero-order chi connectivity index (χ0) is 21.7. The minimum atomic E-state index is -3.22. The van der Waals surface area contributed by atoms with Crippen LogP contribution in [-0.4, -0.2) is 61.3 Å². The van der Waals surface area contributed by atoms with Crippen LogP contribution < -0.4 is 5.32 Å². The number of rotatable bonds is 2. The van der Waals surface area contributed by atoms with E-state index in [1.165, 1.54) is 9.80 Å². The van der Waals surface area contributed by atoms with E-state index < -0.39 is 23.2 Å². The number of urea groups is 1. The van der Waals surface area contributed by atoms with Crippen molar-refractivity contribution in [3.05, 3.63) is 34.6 Å². The van der Waals surface area contributed by atoms with Crippen LogP contribution in [0.25, 0.3) is 0 Å². The molecule has 2 heterocycles. The average molecular weight is 448 g/mol. The molecule has 3 rings (SSSR count). The molecule has 0 radical (unpaired) electrons. The van der Waals surface area contributed by atoms with Gasteiger partial charge in [0, 0.05) is 37.7 Å². The lowest BCUT2D eigenvalue weighted by Crippen LogP contribution is -2.49. The molecule has 2 saturated heterocycles. The predicted octanol–water partition coefficient (Wildman–Crippen LogP) is 3.59. The molecule has 0 unspecified atom stereocenters. The van der Waals surface area contributed by atoms with Gasteiger partial charge < -0.3 is 19.9 Å². The minimum Gasteiger partial charge on any atom is -0.354 e. The smallest absolute Gasteiger partial charge is 0.321 e. The first-order chi connectivity index (χ1) is 14.3. The molecule has 1 aromatic carbocycles. The maximum absolute atomic E-state index is 15.0. The zero-order valence-corrected chi connectivity index (χ0v) is 17.3. The summed E-state index contributed by atoms with van der Waals surface area (Å²) in [5.41, 5.74) is -0.391. The second-order valence-corrected chi connectivity index (χ2v) is 8.00. The van der Waals surface area contributed by atoms with Gasteiger partial charge in [-0.15, -0.1) is 0 Å². The van der Waals surface area contributed by atoms with Gasteiger partial charge in [0.1, 0.15) is 19.2 Å². The highest BCUT2D eigenvalue weighted by atomic mass is 35.5. The molecular weight excluding hydrogens is 423 g/mol. The van der Waals surface area contributed by atoms with Gasteiger partial charge in [0.15, 0.2) is 0 Å². The Morgan fingerprint density at radius 2 is 1.90 bits per heavy atom. The Labute approximate surface area is 178 Å². The van der Waals surface area contributed by atoms with Crippen molar-refractivity contribution in [1.29, 1.82) is 0 Å². The van der Waals surface area contributed by atoms with E-state index in [4.69, 9.17) is 16.3 Å². The van der Waals surface area contributed by atoms with Crippen LogP contribution in [0.3, 0.4) is 0 Å². The molecule has 2 aliphatic rings. The highest BCUT2D eigenvalue weighted by molar-refractivity contribution is 6.31. The van der Waals surface area contributed by atoms with Gasteiger partial charge in [0.05, 0.1) is 5.02 Å². The molecule has 0 bridgehead atoms. The molecule has 3 amide bonds. The van der Waals surface area contributed by atoms with Crippen molar-refractivity contribution in [1.82, 2.24) is 15.1 Å². The molecule has 30 heavy (non-hydrogen) atoms. The van der Waals surface area contributed by atoms with E-state index >= 15 is 0 Å². The molecule has 0 aromatic heterocycles. The first-order valence-electron chi connectivity index (χ1n) is 10.0. The second-order valence-electron chi connectivity index (χ2n) is 7.59. The third kappa shape index (κ3) is 5.37. The van der Waals surface area contributed by atoms with Crippen molar-refractivity contribution < 1.29 is 27.5 Å². The van der Waals surface area contributed by atoms with Gasteiger partial charge in [-0.05, 0) is 43.9 Å². The summed E-state index contributed by atoms with van der Waals surface area (Å²) in [6.07, 6.45) is 1.64. The molecule has 0 saturated carbocycles. The van der Waals surface area contributed by atoms with Crippen LogP contribution >= 0.6 is 11.6 Å². The number of nitrogens with one attached hydrogen (secondary N) is 1. The standard InChI is InChI=1S/C20H25ClF3N3O3/c21-17-11-15(22)3-4-16(17)20(23,24)14-5-9-26(10-6-14)19(29)27-8-2-1-7-25-18(28)12-30-13-27/h3-4,11,14H,1-2,5-10,12-13H2,(H,25,28). The second kappa shape index (κ2) is 9.87. The maximum atomic E-state index is 15.0. The number of ether oxygens (including phenoxy) is 1. The number of halogens is 4. The van der Waals surface area contributed by atoms with Crippen LogP contribution in [0.15, 0.2) is 18.2 Å². The Balaban J connectivity index is 1.59. The Bertz CT molecular complexity index is 773. The summed E-state index contributed by atoms with van der Waals surface area (Å²) in [4.78, 5) is 27.4. The fourth-order valence-corrected chi connectivity index (χ4v) is 4.08. The maximum Gasteiger partial charge on any atom is 0.321 e. The summed E-state index contributed by atoms with van der Waals surface area (Å²) in [7, 11) is 0. The van der Waals surface area contributed by atoms with Crippen molar-refractivity contribution in [2.75, 3.05) is 39.5 Å². The highest BCUT2D eigenvalue weighted by Crippen LogP contribution is 2.44. The predicted molar refractivity (Wildman–Crippen MR) is 105 cm³/mol. The van der Waals surface area contributed by atoms with Gasteiger partial charge in [-0.3, -0.25) is 4.79 Å². The molecule has 0 atom stereocenters. The summed E-state index contributed by atoms with van der Waals surface area (Å²) in [5, 5.41) is 2.42. The number of carbonyl (C=O) groups excluding carboxylic acids is 2. The summed E-state index contributed by atoms with van der Waals surface area (Å²) in [6, 6.07) is 2.60. The van der Waals surface area contributed by atoms with E-state index in [2.05, 4.69) is 5.32 Å². The quantitative estimate of drug-likeness (QED) is 0.753. The van der Waals surface area contributed by atoms with Crippen LogP contribution in [-0.2, 0) is 15.5 Å². The Morgan fingerprint density at radius 3 is 2.60 bits per heavy atom. The number of benzene rings is 1. The molecule has 1 aromatic rings. The lowest BCUT2D eigenvalue weighted by Gasteiger charge is -2.38. The van der Waals surface area contributed by atoms with Crippen LogP contribution in [0.5, 0.6) is 0 Å². The Morgan fingerprint density at radius 1 is 1.17 bits per heavy atom. The summed E-state index contributed by atoms with van der Waals surface area (Å²) in [5.74, 6) is -5.11. The van der Waals surface area contributed by atoms with Crippen LogP contribution in [0, 0.1) is 11.7 Å². The first-order valence-corrected chi connectivity index (χ1v) is 10.4. The molecule has 10 heteroatoms. The van der Waals surface area contributed by atoms with Crippen molar-refractivity contribution in [3.8, 4) is 0 Å². The van der Waals surface area contributed by atoms with Crippen LogP contribution in [0.4, 0.5) is 18.0 Å². The Hall–Kier alpha value is -2.00. The number of hydrogen-bond donors (Lipinski definition) is 1. The number of carbonyl (C=O) groups is 2. The number of alkyl halides is 2. The molecule has 2 aliphatic heterocycles. The van der Waals surface area contributed by atoms with E-state index in [9.17, 15) is 22.8 Å². The zero-order valence-electron chi connectivity index (χ0n) is 16.5. The molecule has 0 spiro atoms. The number of nitrogens with zero attached hydrogens (tertiary/aromatic N) is 2. The SMILES string of the molecule is O=C1COCN(C(=O)N2CCC(C(F)(F)c3ccc(F)cc3Cl)CC2)CCCCN1. The number of hydrogen-bond acceptors (Lipinski definition) is 3. The lowest BCUT2D eigenvalue weighted by molar-refractivity contribution is -0.127. The van der Waals surface area contributed by atoms with Gasteiger partial charge in [0.25, 0.3) is 5.92 Å². The van der Waals surface area contributed by atoms with Crippen LogP contribution in [0.1, 0.15) is 31.2 Å². The third-order valence-electron chi connectivity index (χ3n) is 5.50. The monoisotopic (exact) mass is 447 g/mol. The van der Waals surface area contributed by atoms with E-state index in [1.54, 1.807) is 0 Å². The Kier molecular flexibility index (Phi) is 7.46. The van der Waals surface area contributed by atoms with E-state index in [0.717, 1.165) is 24.6 Å². The summed E-state index contributed by atoms with van der Waals surface area (Å²) in [6.45, 7) is 1.19. The molecule has 6 nitrogen and oxygen atoms in total. The minimum absolute atomic E-state index is 0.0203. The van der Waals surface area contributed by atoms with E-state index in [1.807, 2.05) is 0 Å². The van der Waals surface area contributed by atoms with Gasteiger partial charge >= 0.3 is 6.03 Å². The molecule has 0 aliphatic carbocycles. The number of amides is 3. The van der Waals surface area contributed by atoms with E-state index in [-0.39, 0.29) is 56.2 Å². The molecule has 2 fully saturated rings. The average Bonchev–Trinajstić information content (AvgIpc) is 2.72. The topological polar surface area (TPSA) is 61.9 Å². The largest absolute Gasteiger partial charge is 0.354 e. The summed E-state index contributed by atoms with van der Waals surface area (Å²) < 4.78 is 48.4. The van der Waals surface area contributed by atoms with Gasteiger partial charge in [-0.2, -0.15) is 0 Å².